The Morgan fingerprint density at radius 2 is 1.54 bits per heavy atom. The SMILES string of the molecule is COc1cc(C=CC2C3=CCC4C(=O)N(c5cc(C(F)(F)F)cc(C(F)(F)F)c5)C(=O)C4C3CC3(Cl)C(=O)N(C)C(=O)C23Cl)ccc1O. The lowest BCUT2D eigenvalue weighted by Gasteiger charge is -2.49. The number of phenolic OH excluding ortho intramolecular Hbond substituents is 1. The standard InChI is InChI=1S/C32H24Cl2F6N2O6/c1-41-27(46)29(33)13-20-18(21(30(29,34)28(41)47)7-3-14-4-8-22(43)23(9-14)48-2)5-6-19-24(20)26(45)42(25(19)44)17-11-15(31(35,36)37)10-16(12-17)32(38,39)40/h3-5,7-12,19-21,24,43H,6,13H2,1-2H3. The fourth-order valence-corrected chi connectivity index (χ4v) is 8.29. The highest BCUT2D eigenvalue weighted by molar-refractivity contribution is 6.53. The van der Waals surface area contributed by atoms with Crippen molar-refractivity contribution in [3.63, 3.8) is 0 Å². The van der Waals surface area contributed by atoms with E-state index in [0.29, 0.717) is 28.2 Å². The van der Waals surface area contributed by atoms with Crippen molar-refractivity contribution in [3.05, 3.63) is 70.8 Å². The van der Waals surface area contributed by atoms with E-state index in [-0.39, 0.29) is 24.0 Å². The summed E-state index contributed by atoms with van der Waals surface area (Å²) in [5.74, 6) is -8.63. The number of benzene rings is 2. The van der Waals surface area contributed by atoms with Crippen LogP contribution in [0, 0.1) is 23.7 Å². The Morgan fingerprint density at radius 1 is 0.917 bits per heavy atom. The minimum atomic E-state index is -5.23. The highest BCUT2D eigenvalue weighted by Gasteiger charge is 2.75. The van der Waals surface area contributed by atoms with Gasteiger partial charge in [-0.25, -0.2) is 4.90 Å². The van der Waals surface area contributed by atoms with E-state index < -0.39 is 92.6 Å². The minimum absolute atomic E-state index is 0.112. The number of carbonyl (C=O) groups excluding carboxylic acids is 4. The van der Waals surface area contributed by atoms with Crippen LogP contribution in [-0.4, -0.2) is 57.5 Å². The molecule has 1 saturated carbocycles. The summed E-state index contributed by atoms with van der Waals surface area (Å²) in [7, 11) is 2.51. The third kappa shape index (κ3) is 4.81. The number of likely N-dealkylation sites (tertiary alicyclic amines) is 1. The fraction of sp³-hybridized carbons (Fsp3) is 0.375. The van der Waals surface area contributed by atoms with Gasteiger partial charge in [0.25, 0.3) is 11.8 Å². The Bertz CT molecular complexity index is 1810. The van der Waals surface area contributed by atoms with Crippen molar-refractivity contribution in [2.45, 2.75) is 34.9 Å². The highest BCUT2D eigenvalue weighted by Crippen LogP contribution is 2.63. The van der Waals surface area contributed by atoms with Crippen molar-refractivity contribution in [1.82, 2.24) is 4.90 Å². The number of allylic oxidation sites excluding steroid dienone is 3. The average molecular weight is 717 g/mol. The Morgan fingerprint density at radius 3 is 2.12 bits per heavy atom. The first-order chi connectivity index (χ1) is 22.3. The van der Waals surface area contributed by atoms with Crippen molar-refractivity contribution in [3.8, 4) is 11.5 Å². The molecule has 8 nitrogen and oxygen atoms in total. The van der Waals surface area contributed by atoms with Gasteiger partial charge in [0.2, 0.25) is 11.8 Å². The zero-order valence-electron chi connectivity index (χ0n) is 24.8. The van der Waals surface area contributed by atoms with Crippen LogP contribution in [0.5, 0.6) is 11.5 Å². The second-order valence-electron chi connectivity index (χ2n) is 12.1. The Kier molecular flexibility index (Phi) is 7.75. The number of anilines is 1. The van der Waals surface area contributed by atoms with Gasteiger partial charge in [0.1, 0.15) is 0 Å². The molecule has 6 unspecified atom stereocenters. The van der Waals surface area contributed by atoms with Gasteiger partial charge in [-0.1, -0.05) is 29.9 Å². The molecule has 2 aliphatic heterocycles. The van der Waals surface area contributed by atoms with Gasteiger partial charge in [0.05, 0.1) is 35.8 Å². The van der Waals surface area contributed by atoms with E-state index in [4.69, 9.17) is 27.9 Å². The number of carbonyl (C=O) groups is 4. The van der Waals surface area contributed by atoms with Gasteiger partial charge in [-0.3, -0.25) is 24.1 Å². The quantitative estimate of drug-likeness (QED) is 0.176. The molecular weight excluding hydrogens is 693 g/mol. The molecule has 2 aromatic carbocycles. The molecule has 6 rings (SSSR count). The van der Waals surface area contributed by atoms with Gasteiger partial charge >= 0.3 is 12.4 Å². The van der Waals surface area contributed by atoms with Gasteiger partial charge in [-0.15, -0.1) is 23.2 Å². The summed E-state index contributed by atoms with van der Waals surface area (Å²) in [4.78, 5) is 51.6. The number of halogens is 8. The number of imide groups is 2. The molecule has 0 bridgehead atoms. The molecule has 2 heterocycles. The van der Waals surface area contributed by atoms with Crippen molar-refractivity contribution in [2.75, 3.05) is 19.1 Å². The normalized spacial score (nSPS) is 30.5. The fourth-order valence-electron chi connectivity index (χ4n) is 7.32. The largest absolute Gasteiger partial charge is 0.504 e. The zero-order chi connectivity index (χ0) is 35.3. The summed E-state index contributed by atoms with van der Waals surface area (Å²) in [6, 6.07) is 4.83. The van der Waals surface area contributed by atoms with E-state index in [1.165, 1.54) is 44.5 Å². The summed E-state index contributed by atoms with van der Waals surface area (Å²) in [6.07, 6.45) is -6.50. The second kappa shape index (κ2) is 11.0. The van der Waals surface area contributed by atoms with Crippen molar-refractivity contribution in [2.24, 2.45) is 23.7 Å². The predicted molar refractivity (Wildman–Crippen MR) is 159 cm³/mol. The van der Waals surface area contributed by atoms with Crippen LogP contribution in [-0.2, 0) is 31.5 Å². The topological polar surface area (TPSA) is 104 Å². The lowest BCUT2D eigenvalue weighted by Crippen LogP contribution is -2.60. The van der Waals surface area contributed by atoms with Crippen molar-refractivity contribution >= 4 is 58.6 Å². The number of aromatic hydroxyl groups is 1. The van der Waals surface area contributed by atoms with E-state index in [9.17, 15) is 50.6 Å². The van der Waals surface area contributed by atoms with Crippen LogP contribution in [0.3, 0.4) is 0 Å². The number of ether oxygens (including phenoxy) is 1. The number of methoxy groups -OCH3 is 1. The number of fused-ring (bicyclic) bond motifs is 4. The molecule has 3 fully saturated rings. The molecule has 2 saturated heterocycles. The summed E-state index contributed by atoms with van der Waals surface area (Å²) >= 11 is 14.0. The number of rotatable bonds is 4. The second-order valence-corrected chi connectivity index (χ2v) is 13.4. The Hall–Kier alpha value is -4.04. The predicted octanol–water partition coefficient (Wildman–Crippen LogP) is 6.18. The maximum absolute atomic E-state index is 14.0. The van der Waals surface area contributed by atoms with Gasteiger partial charge in [-0.2, -0.15) is 26.3 Å². The number of phenols is 1. The average Bonchev–Trinajstić information content (AvgIpc) is 3.35. The Balaban J connectivity index is 1.46. The van der Waals surface area contributed by atoms with Crippen molar-refractivity contribution < 1.29 is 55.4 Å². The molecule has 0 aromatic heterocycles. The number of nitrogens with zero attached hydrogens (tertiary/aromatic N) is 2. The van der Waals surface area contributed by atoms with E-state index in [1.54, 1.807) is 6.08 Å². The molecule has 4 amide bonds. The van der Waals surface area contributed by atoms with Crippen LogP contribution in [0.4, 0.5) is 32.0 Å². The molecule has 4 aliphatic rings. The summed E-state index contributed by atoms with van der Waals surface area (Å²) in [5.41, 5.74) is -3.50. The maximum Gasteiger partial charge on any atom is 0.416 e. The van der Waals surface area contributed by atoms with Gasteiger partial charge in [0.15, 0.2) is 21.2 Å². The van der Waals surface area contributed by atoms with Crippen LogP contribution in [0.15, 0.2) is 54.1 Å². The first-order valence-electron chi connectivity index (χ1n) is 14.4. The van der Waals surface area contributed by atoms with Crippen LogP contribution in [0.2, 0.25) is 0 Å². The number of hydrogen-bond donors (Lipinski definition) is 1. The van der Waals surface area contributed by atoms with E-state index in [0.717, 1.165) is 4.90 Å². The monoisotopic (exact) mass is 716 g/mol. The third-order valence-corrected chi connectivity index (χ3v) is 11.0. The van der Waals surface area contributed by atoms with Crippen LogP contribution in [0.1, 0.15) is 29.5 Å². The first-order valence-corrected chi connectivity index (χ1v) is 15.1. The molecule has 254 valence electrons. The number of amides is 4. The van der Waals surface area contributed by atoms with E-state index >= 15 is 0 Å². The molecule has 0 radical (unpaired) electrons. The van der Waals surface area contributed by atoms with Crippen molar-refractivity contribution in [1.29, 1.82) is 0 Å². The molecule has 0 spiro atoms. The van der Waals surface area contributed by atoms with Crippen LogP contribution in [0.25, 0.3) is 6.08 Å². The molecule has 6 atom stereocenters. The van der Waals surface area contributed by atoms with Crippen LogP contribution >= 0.6 is 23.2 Å². The molecule has 2 aromatic rings. The lowest BCUT2D eigenvalue weighted by molar-refractivity contribution is -0.143. The maximum atomic E-state index is 14.0. The van der Waals surface area contributed by atoms with E-state index in [1.807, 2.05) is 0 Å². The molecular formula is C32H24Cl2F6N2O6. The first kappa shape index (κ1) is 33.8. The highest BCUT2D eigenvalue weighted by atomic mass is 35.5. The van der Waals surface area contributed by atoms with E-state index in [2.05, 4.69) is 0 Å². The lowest BCUT2D eigenvalue weighted by atomic mass is 9.57. The summed E-state index contributed by atoms with van der Waals surface area (Å²) < 4.78 is 87.1. The zero-order valence-corrected chi connectivity index (χ0v) is 26.3. The molecule has 2 aliphatic carbocycles. The molecule has 48 heavy (non-hydrogen) atoms. The van der Waals surface area contributed by atoms with Gasteiger partial charge in [0, 0.05) is 13.0 Å². The summed E-state index contributed by atoms with van der Waals surface area (Å²) in [6.45, 7) is 0. The van der Waals surface area contributed by atoms with Gasteiger partial charge in [-0.05, 0) is 54.7 Å². The third-order valence-electron chi connectivity index (χ3n) is 9.59. The summed E-state index contributed by atoms with van der Waals surface area (Å²) in [5, 5.41) is 9.99. The van der Waals surface area contributed by atoms with Gasteiger partial charge < -0.3 is 9.84 Å². The minimum Gasteiger partial charge on any atom is -0.504 e. The van der Waals surface area contributed by atoms with Crippen LogP contribution < -0.4 is 9.64 Å². The Labute approximate surface area is 278 Å². The number of hydrogen-bond acceptors (Lipinski definition) is 6. The molecule has 16 heteroatoms. The smallest absolute Gasteiger partial charge is 0.416 e. The number of alkyl halides is 8. The molecule has 1 N–H and O–H groups in total.